The van der Waals surface area contributed by atoms with Crippen LogP contribution in [-0.4, -0.2) is 18.2 Å². The molecule has 1 heterocycles. The molecule has 1 aromatic carbocycles. The van der Waals surface area contributed by atoms with E-state index in [9.17, 15) is 8.42 Å². The number of anilines is 1. The molecule has 0 saturated heterocycles. The lowest BCUT2D eigenvalue weighted by Crippen LogP contribution is -2.24. The number of hydrogen-bond donors (Lipinski definition) is 2. The highest BCUT2D eigenvalue weighted by atomic mass is 32.2. The van der Waals surface area contributed by atoms with Crippen molar-refractivity contribution in [3.05, 3.63) is 47.8 Å². The molecule has 0 atom stereocenters. The Morgan fingerprint density at radius 3 is 2.53 bits per heavy atom. The van der Waals surface area contributed by atoms with Crippen LogP contribution in [0, 0.1) is 0 Å². The van der Waals surface area contributed by atoms with Gasteiger partial charge in [-0.05, 0) is 17.7 Å². The number of nitrogen functional groups attached to an aromatic ring is 1. The fourth-order valence-corrected chi connectivity index (χ4v) is 2.76. The fourth-order valence-electron chi connectivity index (χ4n) is 1.64. The van der Waals surface area contributed by atoms with Gasteiger partial charge in [-0.3, -0.25) is 4.68 Å². The van der Waals surface area contributed by atoms with Gasteiger partial charge in [0.2, 0.25) is 10.0 Å². The van der Waals surface area contributed by atoms with Crippen LogP contribution < -0.4 is 10.5 Å². The molecule has 1 aromatic heterocycles. The Morgan fingerprint density at radius 2 is 1.95 bits per heavy atom. The smallest absolute Gasteiger partial charge is 0.216 e. The van der Waals surface area contributed by atoms with E-state index in [0.717, 1.165) is 5.56 Å². The molecule has 7 heteroatoms. The van der Waals surface area contributed by atoms with Crippen LogP contribution in [0.2, 0.25) is 0 Å². The molecule has 0 fully saturated rings. The van der Waals surface area contributed by atoms with Crippen molar-refractivity contribution in [2.75, 3.05) is 5.73 Å². The molecule has 2 aromatic rings. The second-order valence-corrected chi connectivity index (χ2v) is 6.15. The quantitative estimate of drug-likeness (QED) is 0.786. The van der Waals surface area contributed by atoms with Gasteiger partial charge in [0, 0.05) is 31.0 Å². The van der Waals surface area contributed by atoms with Crippen LogP contribution in [0.3, 0.4) is 0 Å². The lowest BCUT2D eigenvalue weighted by molar-refractivity contribution is 0.580. The molecule has 3 N–H and O–H groups in total. The number of sulfonamides is 1. The van der Waals surface area contributed by atoms with Gasteiger partial charge in [-0.15, -0.1) is 0 Å². The molecule has 2 rings (SSSR count). The summed E-state index contributed by atoms with van der Waals surface area (Å²) in [4.78, 5) is 0. The average molecular weight is 280 g/mol. The molecule has 0 aliphatic carbocycles. The molecular weight excluding hydrogens is 264 g/mol. The minimum Gasteiger partial charge on any atom is -0.399 e. The standard InChI is InChI=1S/C12H16N4O2S/c1-16-8-11(6-14-16)7-15-19(17,18)9-10-2-4-12(13)5-3-10/h2-6,8,15H,7,9,13H2,1H3. The first kappa shape index (κ1) is 13.6. The van der Waals surface area contributed by atoms with Crippen molar-refractivity contribution in [3.63, 3.8) is 0 Å². The highest BCUT2D eigenvalue weighted by molar-refractivity contribution is 7.88. The number of aromatic nitrogens is 2. The van der Waals surface area contributed by atoms with Crippen LogP contribution in [-0.2, 0) is 29.4 Å². The van der Waals surface area contributed by atoms with E-state index in [-0.39, 0.29) is 12.3 Å². The summed E-state index contributed by atoms with van der Waals surface area (Å²) in [6.07, 6.45) is 3.40. The van der Waals surface area contributed by atoms with Crippen molar-refractivity contribution in [1.82, 2.24) is 14.5 Å². The third kappa shape index (κ3) is 4.08. The summed E-state index contributed by atoms with van der Waals surface area (Å²) >= 11 is 0. The predicted octanol–water partition coefficient (Wildman–Crippen LogP) is 0.622. The Hall–Kier alpha value is -1.86. The third-order valence-corrected chi connectivity index (χ3v) is 3.89. The number of benzene rings is 1. The van der Waals surface area contributed by atoms with E-state index in [4.69, 9.17) is 5.73 Å². The van der Waals surface area contributed by atoms with Crippen LogP contribution >= 0.6 is 0 Å². The largest absolute Gasteiger partial charge is 0.399 e. The van der Waals surface area contributed by atoms with Crippen molar-refractivity contribution in [2.24, 2.45) is 7.05 Å². The van der Waals surface area contributed by atoms with Crippen molar-refractivity contribution >= 4 is 15.7 Å². The number of hydrogen-bond acceptors (Lipinski definition) is 4. The molecule has 6 nitrogen and oxygen atoms in total. The summed E-state index contributed by atoms with van der Waals surface area (Å²) < 4.78 is 28.0. The number of rotatable bonds is 5. The van der Waals surface area contributed by atoms with Gasteiger partial charge < -0.3 is 5.73 Å². The first-order valence-corrected chi connectivity index (χ1v) is 7.39. The van der Waals surface area contributed by atoms with E-state index in [1.54, 1.807) is 48.4 Å². The van der Waals surface area contributed by atoms with Gasteiger partial charge in [-0.25, -0.2) is 13.1 Å². The lowest BCUT2D eigenvalue weighted by Gasteiger charge is -2.06. The molecule has 0 bridgehead atoms. The molecule has 0 spiro atoms. The first-order valence-electron chi connectivity index (χ1n) is 5.74. The second kappa shape index (κ2) is 5.41. The summed E-state index contributed by atoms with van der Waals surface area (Å²) in [5.41, 5.74) is 7.69. The second-order valence-electron chi connectivity index (χ2n) is 4.34. The molecule has 0 aliphatic heterocycles. The van der Waals surface area contributed by atoms with E-state index >= 15 is 0 Å². The van der Waals surface area contributed by atoms with E-state index < -0.39 is 10.0 Å². The van der Waals surface area contributed by atoms with E-state index in [0.29, 0.717) is 11.3 Å². The fraction of sp³-hybridized carbons (Fsp3) is 0.250. The highest BCUT2D eigenvalue weighted by Gasteiger charge is 2.11. The topological polar surface area (TPSA) is 90.0 Å². The Labute approximate surface area is 112 Å². The molecule has 102 valence electrons. The van der Waals surface area contributed by atoms with E-state index in [1.807, 2.05) is 0 Å². The number of nitrogens with one attached hydrogen (secondary N) is 1. The van der Waals surface area contributed by atoms with Crippen LogP contribution in [0.5, 0.6) is 0 Å². The minimum absolute atomic E-state index is 0.0620. The van der Waals surface area contributed by atoms with Crippen LogP contribution in [0.4, 0.5) is 5.69 Å². The predicted molar refractivity (Wildman–Crippen MR) is 73.5 cm³/mol. The summed E-state index contributed by atoms with van der Waals surface area (Å²) in [6.45, 7) is 0.241. The zero-order valence-corrected chi connectivity index (χ0v) is 11.4. The van der Waals surface area contributed by atoms with Crippen LogP contribution in [0.1, 0.15) is 11.1 Å². The normalized spacial score (nSPS) is 11.6. The number of nitrogens with zero attached hydrogens (tertiary/aromatic N) is 2. The number of aryl methyl sites for hydroxylation is 1. The van der Waals surface area contributed by atoms with Crippen molar-refractivity contribution in [3.8, 4) is 0 Å². The maximum absolute atomic E-state index is 11.9. The highest BCUT2D eigenvalue weighted by Crippen LogP contribution is 2.09. The lowest BCUT2D eigenvalue weighted by atomic mass is 10.2. The van der Waals surface area contributed by atoms with Gasteiger partial charge in [0.05, 0.1) is 11.9 Å². The summed E-state index contributed by atoms with van der Waals surface area (Å²) in [5.74, 6) is -0.0620. The van der Waals surface area contributed by atoms with E-state index in [2.05, 4.69) is 9.82 Å². The van der Waals surface area contributed by atoms with E-state index in [1.165, 1.54) is 0 Å². The summed E-state index contributed by atoms with van der Waals surface area (Å²) in [5, 5.41) is 3.98. The zero-order chi connectivity index (χ0) is 13.9. The average Bonchev–Trinajstić information content (AvgIpc) is 2.76. The third-order valence-electron chi connectivity index (χ3n) is 2.59. The van der Waals surface area contributed by atoms with Gasteiger partial charge >= 0.3 is 0 Å². The maximum Gasteiger partial charge on any atom is 0.216 e. The van der Waals surface area contributed by atoms with Crippen molar-refractivity contribution in [1.29, 1.82) is 0 Å². The Balaban J connectivity index is 1.97. The molecular formula is C12H16N4O2S. The Morgan fingerprint density at radius 1 is 1.26 bits per heavy atom. The number of nitrogens with two attached hydrogens (primary N) is 1. The molecule has 0 saturated carbocycles. The Kier molecular flexibility index (Phi) is 3.87. The molecule has 0 aliphatic rings. The molecule has 19 heavy (non-hydrogen) atoms. The zero-order valence-electron chi connectivity index (χ0n) is 10.6. The maximum atomic E-state index is 11.9. The van der Waals surface area contributed by atoms with Crippen LogP contribution in [0.15, 0.2) is 36.7 Å². The van der Waals surface area contributed by atoms with Gasteiger partial charge in [-0.1, -0.05) is 12.1 Å². The monoisotopic (exact) mass is 280 g/mol. The molecule has 0 unspecified atom stereocenters. The van der Waals surface area contributed by atoms with Gasteiger partial charge in [0.15, 0.2) is 0 Å². The van der Waals surface area contributed by atoms with Gasteiger partial charge in [0.25, 0.3) is 0 Å². The summed E-state index contributed by atoms with van der Waals surface area (Å²) in [6, 6.07) is 6.79. The Bertz CT molecular complexity index is 647. The summed E-state index contributed by atoms with van der Waals surface area (Å²) in [7, 11) is -1.58. The van der Waals surface area contributed by atoms with Crippen molar-refractivity contribution in [2.45, 2.75) is 12.3 Å². The SMILES string of the molecule is Cn1cc(CNS(=O)(=O)Cc2ccc(N)cc2)cn1. The van der Waals surface area contributed by atoms with Gasteiger partial charge in [0.1, 0.15) is 0 Å². The van der Waals surface area contributed by atoms with Crippen LogP contribution in [0.25, 0.3) is 0 Å². The van der Waals surface area contributed by atoms with Crippen molar-refractivity contribution < 1.29 is 8.42 Å². The molecule has 0 radical (unpaired) electrons. The minimum atomic E-state index is -3.36. The van der Waals surface area contributed by atoms with Gasteiger partial charge in [-0.2, -0.15) is 5.10 Å². The first-order chi connectivity index (χ1) is 8.94. The molecule has 0 amide bonds.